The molecule has 0 spiro atoms. The van der Waals surface area contributed by atoms with Gasteiger partial charge in [0.05, 0.1) is 12.2 Å². The second-order valence-corrected chi connectivity index (χ2v) is 8.61. The minimum Gasteiger partial charge on any atom is -0.337 e. The fraction of sp³-hybridized carbons (Fsp3) is 0.360. The first-order valence-corrected chi connectivity index (χ1v) is 11.2. The van der Waals surface area contributed by atoms with Crippen molar-refractivity contribution in [2.75, 3.05) is 7.05 Å². The van der Waals surface area contributed by atoms with Gasteiger partial charge in [0.15, 0.2) is 0 Å². The lowest BCUT2D eigenvalue weighted by Crippen LogP contribution is -2.48. The molecule has 1 aromatic heterocycles. The van der Waals surface area contributed by atoms with E-state index in [1.807, 2.05) is 13.0 Å². The van der Waals surface area contributed by atoms with E-state index >= 15 is 0 Å². The molecule has 33 heavy (non-hydrogen) atoms. The standard InChI is InChI=1S/C25H27FN4O3/c1-17-7-6-10-21(15-17)30-25(33)29(16-18-11-13-19(26)14-12-18)24(32)22(27-30)23(31)28(2)20-8-4-3-5-9-20/h6-7,10-15,20H,3-5,8-9,16H2,1-2H3. The Bertz CT molecular complexity index is 1270. The van der Waals surface area contributed by atoms with Crippen molar-refractivity contribution in [3.63, 3.8) is 0 Å². The third kappa shape index (κ3) is 4.79. The maximum Gasteiger partial charge on any atom is 0.352 e. The average Bonchev–Trinajstić information content (AvgIpc) is 2.83. The fourth-order valence-electron chi connectivity index (χ4n) is 4.29. The Kier molecular flexibility index (Phi) is 6.53. The highest BCUT2D eigenvalue weighted by Crippen LogP contribution is 2.22. The van der Waals surface area contributed by atoms with Crippen LogP contribution in [0.5, 0.6) is 0 Å². The van der Waals surface area contributed by atoms with Gasteiger partial charge in [0.25, 0.3) is 11.5 Å². The molecule has 1 heterocycles. The van der Waals surface area contributed by atoms with Crippen LogP contribution in [-0.4, -0.2) is 38.2 Å². The van der Waals surface area contributed by atoms with E-state index in [2.05, 4.69) is 5.10 Å². The van der Waals surface area contributed by atoms with Crippen LogP contribution >= 0.6 is 0 Å². The van der Waals surface area contributed by atoms with E-state index in [-0.39, 0.29) is 18.3 Å². The average molecular weight is 451 g/mol. The lowest BCUT2D eigenvalue weighted by atomic mass is 9.94. The number of hydrogen-bond acceptors (Lipinski definition) is 4. The Morgan fingerprint density at radius 2 is 1.79 bits per heavy atom. The van der Waals surface area contributed by atoms with Crippen molar-refractivity contribution in [1.29, 1.82) is 0 Å². The number of amides is 1. The number of carbonyl (C=O) groups excluding carboxylic acids is 1. The van der Waals surface area contributed by atoms with Gasteiger partial charge < -0.3 is 4.90 Å². The normalized spacial score (nSPS) is 14.3. The quantitative estimate of drug-likeness (QED) is 0.598. The molecule has 0 N–H and O–H groups in total. The molecule has 2 aromatic carbocycles. The molecule has 0 bridgehead atoms. The molecule has 7 nitrogen and oxygen atoms in total. The van der Waals surface area contributed by atoms with Crippen molar-refractivity contribution in [3.05, 3.63) is 92.0 Å². The Balaban J connectivity index is 1.83. The van der Waals surface area contributed by atoms with E-state index in [1.54, 1.807) is 30.1 Å². The molecule has 172 valence electrons. The van der Waals surface area contributed by atoms with Crippen molar-refractivity contribution < 1.29 is 9.18 Å². The highest BCUT2D eigenvalue weighted by atomic mass is 19.1. The second kappa shape index (κ2) is 9.52. The number of aryl methyl sites for hydroxylation is 1. The fourth-order valence-corrected chi connectivity index (χ4v) is 4.29. The van der Waals surface area contributed by atoms with E-state index in [0.29, 0.717) is 11.3 Å². The van der Waals surface area contributed by atoms with Crippen LogP contribution in [-0.2, 0) is 6.54 Å². The molecular formula is C25H27FN4O3. The van der Waals surface area contributed by atoms with E-state index in [9.17, 15) is 18.8 Å². The molecule has 1 aliphatic carbocycles. The van der Waals surface area contributed by atoms with Crippen LogP contribution in [0.1, 0.15) is 53.7 Å². The molecule has 0 aliphatic heterocycles. The summed E-state index contributed by atoms with van der Waals surface area (Å²) in [6, 6.07) is 12.7. The van der Waals surface area contributed by atoms with Crippen molar-refractivity contribution in [3.8, 4) is 5.69 Å². The first kappa shape index (κ1) is 22.6. The van der Waals surface area contributed by atoms with Gasteiger partial charge in [-0.2, -0.15) is 9.78 Å². The van der Waals surface area contributed by atoms with Crippen LogP contribution in [0.25, 0.3) is 5.69 Å². The van der Waals surface area contributed by atoms with Crippen LogP contribution in [0.4, 0.5) is 4.39 Å². The highest BCUT2D eigenvalue weighted by molar-refractivity contribution is 5.91. The predicted molar refractivity (Wildman–Crippen MR) is 123 cm³/mol. The molecular weight excluding hydrogens is 423 g/mol. The van der Waals surface area contributed by atoms with Crippen LogP contribution < -0.4 is 11.2 Å². The van der Waals surface area contributed by atoms with Gasteiger partial charge in [-0.3, -0.25) is 14.2 Å². The van der Waals surface area contributed by atoms with E-state index in [0.717, 1.165) is 46.9 Å². The zero-order chi connectivity index (χ0) is 23.5. The summed E-state index contributed by atoms with van der Waals surface area (Å²) < 4.78 is 15.4. The number of carbonyl (C=O) groups is 1. The molecule has 1 amide bonds. The number of halogens is 1. The molecule has 0 unspecified atom stereocenters. The topological polar surface area (TPSA) is 77.2 Å². The Morgan fingerprint density at radius 1 is 1.09 bits per heavy atom. The van der Waals surface area contributed by atoms with Gasteiger partial charge in [0.2, 0.25) is 5.69 Å². The molecule has 3 aromatic rings. The number of hydrogen-bond donors (Lipinski definition) is 0. The third-order valence-corrected chi connectivity index (χ3v) is 6.21. The predicted octanol–water partition coefficient (Wildman–Crippen LogP) is 3.29. The minimum absolute atomic E-state index is 0.0392. The summed E-state index contributed by atoms with van der Waals surface area (Å²) >= 11 is 0. The van der Waals surface area contributed by atoms with Crippen molar-refractivity contribution in [2.24, 2.45) is 0 Å². The Labute approximate surface area is 191 Å². The number of aromatic nitrogens is 3. The van der Waals surface area contributed by atoms with Crippen LogP contribution in [0.3, 0.4) is 0 Å². The molecule has 8 heteroatoms. The molecule has 1 fully saturated rings. The van der Waals surface area contributed by atoms with Crippen LogP contribution in [0.2, 0.25) is 0 Å². The van der Waals surface area contributed by atoms with Crippen molar-refractivity contribution in [1.82, 2.24) is 19.2 Å². The summed E-state index contributed by atoms with van der Waals surface area (Å²) in [6.07, 6.45) is 4.97. The maximum atomic E-state index is 13.4. The SMILES string of the molecule is Cc1cccc(-n2nc(C(=O)N(C)C3CCCCC3)c(=O)n(Cc3ccc(F)cc3)c2=O)c1. The molecule has 0 atom stereocenters. The third-order valence-electron chi connectivity index (χ3n) is 6.21. The van der Waals surface area contributed by atoms with Crippen LogP contribution in [0.15, 0.2) is 58.1 Å². The van der Waals surface area contributed by atoms with E-state index < -0.39 is 23.0 Å². The van der Waals surface area contributed by atoms with E-state index in [1.165, 1.54) is 24.3 Å². The van der Waals surface area contributed by atoms with Gasteiger partial charge >= 0.3 is 5.69 Å². The van der Waals surface area contributed by atoms with Crippen LogP contribution in [0, 0.1) is 12.7 Å². The monoisotopic (exact) mass is 450 g/mol. The largest absolute Gasteiger partial charge is 0.352 e. The first-order valence-electron chi connectivity index (χ1n) is 11.2. The number of rotatable bonds is 5. The number of benzene rings is 2. The molecule has 0 radical (unpaired) electrons. The van der Waals surface area contributed by atoms with Crippen molar-refractivity contribution >= 4 is 5.91 Å². The lowest BCUT2D eigenvalue weighted by Gasteiger charge is -2.30. The summed E-state index contributed by atoms with van der Waals surface area (Å²) in [5.74, 6) is -0.913. The second-order valence-electron chi connectivity index (χ2n) is 8.61. The highest BCUT2D eigenvalue weighted by Gasteiger charge is 2.28. The maximum absolute atomic E-state index is 13.4. The first-order chi connectivity index (χ1) is 15.8. The number of nitrogens with zero attached hydrogens (tertiary/aromatic N) is 4. The van der Waals surface area contributed by atoms with Gasteiger partial charge in [0.1, 0.15) is 5.82 Å². The van der Waals surface area contributed by atoms with Gasteiger partial charge in [0, 0.05) is 13.1 Å². The zero-order valence-electron chi connectivity index (χ0n) is 18.8. The summed E-state index contributed by atoms with van der Waals surface area (Å²) in [5, 5.41) is 4.24. The lowest BCUT2D eigenvalue weighted by molar-refractivity contribution is 0.0684. The van der Waals surface area contributed by atoms with Crippen molar-refractivity contribution in [2.45, 2.75) is 51.6 Å². The summed E-state index contributed by atoms with van der Waals surface area (Å²) in [5.41, 5.74) is 0.225. The smallest absolute Gasteiger partial charge is 0.337 e. The summed E-state index contributed by atoms with van der Waals surface area (Å²) in [6.45, 7) is 1.78. The Morgan fingerprint density at radius 3 is 2.45 bits per heavy atom. The molecule has 4 rings (SSSR count). The van der Waals surface area contributed by atoms with E-state index in [4.69, 9.17) is 0 Å². The van der Waals surface area contributed by atoms with Gasteiger partial charge in [-0.05, 0) is 55.2 Å². The molecule has 1 aliphatic rings. The van der Waals surface area contributed by atoms with Gasteiger partial charge in [-0.25, -0.2) is 9.18 Å². The summed E-state index contributed by atoms with van der Waals surface area (Å²) in [4.78, 5) is 41.5. The summed E-state index contributed by atoms with van der Waals surface area (Å²) in [7, 11) is 1.69. The molecule has 1 saturated carbocycles. The zero-order valence-corrected chi connectivity index (χ0v) is 18.8. The minimum atomic E-state index is -0.749. The van der Waals surface area contributed by atoms with Gasteiger partial charge in [-0.15, -0.1) is 0 Å². The molecule has 0 saturated heterocycles. The van der Waals surface area contributed by atoms with Gasteiger partial charge in [-0.1, -0.05) is 43.5 Å². The Hall–Kier alpha value is -3.55.